The third-order valence-electron chi connectivity index (χ3n) is 3.19. The first-order valence-corrected chi connectivity index (χ1v) is 8.23. The van der Waals surface area contributed by atoms with Gasteiger partial charge in [-0.25, -0.2) is 0 Å². The number of hydrogen-bond acceptors (Lipinski definition) is 4. The molecule has 1 aliphatic heterocycles. The Bertz CT molecular complexity index is 428. The number of hydrogen-bond donors (Lipinski definition) is 0. The molecule has 0 aliphatic carbocycles. The molecule has 0 spiro atoms. The van der Waals surface area contributed by atoms with Gasteiger partial charge in [-0.3, -0.25) is 9.69 Å². The Labute approximate surface area is 128 Å². The zero-order chi connectivity index (χ0) is 13.1. The minimum atomic E-state index is 0.180. The van der Waals surface area contributed by atoms with Crippen molar-refractivity contribution in [1.82, 2.24) is 4.90 Å². The lowest BCUT2D eigenvalue weighted by Gasteiger charge is -2.30. The fourth-order valence-corrected chi connectivity index (χ4v) is 4.98. The van der Waals surface area contributed by atoms with Gasteiger partial charge in [-0.05, 0) is 50.8 Å². The number of methoxy groups -OCH3 is 1. The van der Waals surface area contributed by atoms with Gasteiger partial charge >= 0.3 is 0 Å². The van der Waals surface area contributed by atoms with E-state index in [1.54, 1.807) is 7.11 Å². The van der Waals surface area contributed by atoms with Gasteiger partial charge < -0.3 is 4.74 Å². The molecule has 0 N–H and O–H groups in total. The summed E-state index contributed by atoms with van der Waals surface area (Å²) in [4.78, 5) is 14.4. The van der Waals surface area contributed by atoms with E-state index in [0.29, 0.717) is 12.6 Å². The van der Waals surface area contributed by atoms with E-state index in [1.165, 1.54) is 11.3 Å². The van der Waals surface area contributed by atoms with E-state index in [1.807, 2.05) is 6.07 Å². The number of carbonyl (C=O) groups is 1. The molecular weight excluding hydrogens is 382 g/mol. The van der Waals surface area contributed by atoms with Crippen molar-refractivity contribution in [1.29, 1.82) is 0 Å². The second-order valence-corrected chi connectivity index (χ2v) is 8.12. The summed E-state index contributed by atoms with van der Waals surface area (Å²) in [7, 11) is 1.76. The van der Waals surface area contributed by atoms with Crippen molar-refractivity contribution in [3.63, 3.8) is 0 Å². The first-order valence-electron chi connectivity index (χ1n) is 5.83. The fourth-order valence-electron chi connectivity index (χ4n) is 2.12. The molecule has 0 radical (unpaired) electrons. The molecular formula is C12H15Br2NO2S. The second kappa shape index (κ2) is 6.61. The van der Waals surface area contributed by atoms with Crippen molar-refractivity contribution in [2.45, 2.75) is 18.9 Å². The van der Waals surface area contributed by atoms with Crippen molar-refractivity contribution >= 4 is 49.0 Å². The van der Waals surface area contributed by atoms with Crippen LogP contribution in [-0.2, 0) is 4.74 Å². The van der Waals surface area contributed by atoms with Gasteiger partial charge in [-0.2, -0.15) is 0 Å². The summed E-state index contributed by atoms with van der Waals surface area (Å²) in [6, 6.07) is 1.89. The monoisotopic (exact) mass is 395 g/mol. The summed E-state index contributed by atoms with van der Waals surface area (Å²) in [6.45, 7) is 2.37. The highest BCUT2D eigenvalue weighted by molar-refractivity contribution is 9.12. The highest BCUT2D eigenvalue weighted by Gasteiger charge is 2.22. The molecule has 2 heterocycles. The van der Waals surface area contributed by atoms with Crippen molar-refractivity contribution in [2.24, 2.45) is 0 Å². The molecule has 0 saturated carbocycles. The molecule has 1 saturated heterocycles. The molecule has 1 fully saturated rings. The third kappa shape index (κ3) is 3.63. The van der Waals surface area contributed by atoms with Crippen LogP contribution >= 0.6 is 43.2 Å². The van der Waals surface area contributed by atoms with Crippen molar-refractivity contribution in [3.05, 3.63) is 19.2 Å². The number of thiophene rings is 1. The normalized spacial score (nSPS) is 18.2. The summed E-state index contributed by atoms with van der Waals surface area (Å²) >= 11 is 8.37. The number of nitrogens with zero attached hydrogens (tertiary/aromatic N) is 1. The number of piperidine rings is 1. The van der Waals surface area contributed by atoms with Crippen molar-refractivity contribution in [2.75, 3.05) is 26.7 Å². The van der Waals surface area contributed by atoms with Crippen LogP contribution in [0.1, 0.15) is 23.2 Å². The van der Waals surface area contributed by atoms with Crippen LogP contribution in [0.3, 0.4) is 0 Å². The summed E-state index contributed by atoms with van der Waals surface area (Å²) in [5, 5.41) is 0. The Balaban J connectivity index is 1.90. The summed E-state index contributed by atoms with van der Waals surface area (Å²) in [5.74, 6) is 0.180. The number of likely N-dealkylation sites (tertiary alicyclic amines) is 1. The molecule has 2 rings (SSSR count). The average molecular weight is 397 g/mol. The standard InChI is InChI=1S/C12H15Br2NO2S/c1-17-8-2-4-15(5-3-8)7-10(16)9-6-11(13)18-12(9)14/h6,8H,2-5,7H2,1H3. The van der Waals surface area contributed by atoms with Gasteiger partial charge in [-0.15, -0.1) is 11.3 Å². The predicted molar refractivity (Wildman–Crippen MR) is 80.5 cm³/mol. The van der Waals surface area contributed by atoms with Crippen molar-refractivity contribution < 1.29 is 9.53 Å². The molecule has 0 amide bonds. The third-order valence-corrected chi connectivity index (χ3v) is 5.53. The van der Waals surface area contributed by atoms with E-state index >= 15 is 0 Å². The Morgan fingerprint density at radius 2 is 2.17 bits per heavy atom. The number of ketones is 1. The predicted octanol–water partition coefficient (Wildman–Crippen LogP) is 3.57. The van der Waals surface area contributed by atoms with Crippen LogP contribution in [0.15, 0.2) is 13.6 Å². The summed E-state index contributed by atoms with van der Waals surface area (Å²) in [6.07, 6.45) is 2.38. The van der Waals surface area contributed by atoms with Gasteiger partial charge in [0.15, 0.2) is 5.78 Å². The Morgan fingerprint density at radius 1 is 1.50 bits per heavy atom. The molecule has 100 valence electrons. The molecule has 0 bridgehead atoms. The summed E-state index contributed by atoms with van der Waals surface area (Å²) in [5.41, 5.74) is 0.778. The van der Waals surface area contributed by atoms with E-state index in [9.17, 15) is 4.79 Å². The number of halogens is 2. The van der Waals surface area contributed by atoms with Crippen LogP contribution in [0, 0.1) is 0 Å². The molecule has 1 aromatic rings. The fraction of sp³-hybridized carbons (Fsp3) is 0.583. The topological polar surface area (TPSA) is 29.5 Å². The van der Waals surface area contributed by atoms with Crippen LogP contribution in [-0.4, -0.2) is 43.5 Å². The maximum atomic E-state index is 12.2. The lowest BCUT2D eigenvalue weighted by molar-refractivity contribution is 0.0401. The molecule has 1 aliphatic rings. The van der Waals surface area contributed by atoms with Gasteiger partial charge in [0, 0.05) is 25.8 Å². The maximum Gasteiger partial charge on any atom is 0.178 e. The SMILES string of the molecule is COC1CCN(CC(=O)c2cc(Br)sc2Br)CC1. The van der Waals surface area contributed by atoms with Crippen LogP contribution in [0.4, 0.5) is 0 Å². The number of ether oxygens (including phenoxy) is 1. The highest BCUT2D eigenvalue weighted by Crippen LogP contribution is 2.32. The van der Waals surface area contributed by atoms with Crippen LogP contribution in [0.2, 0.25) is 0 Å². The molecule has 0 unspecified atom stereocenters. The van der Waals surface area contributed by atoms with E-state index < -0.39 is 0 Å². The lowest BCUT2D eigenvalue weighted by atomic mass is 10.1. The Kier molecular flexibility index (Phi) is 5.38. The lowest BCUT2D eigenvalue weighted by Crippen LogP contribution is -2.39. The highest BCUT2D eigenvalue weighted by atomic mass is 79.9. The Hall–Kier alpha value is 0.250. The van der Waals surface area contributed by atoms with Crippen LogP contribution < -0.4 is 0 Å². The molecule has 3 nitrogen and oxygen atoms in total. The van der Waals surface area contributed by atoms with Crippen LogP contribution in [0.25, 0.3) is 0 Å². The largest absolute Gasteiger partial charge is 0.381 e. The van der Waals surface area contributed by atoms with E-state index in [0.717, 1.165) is 39.1 Å². The zero-order valence-electron chi connectivity index (χ0n) is 10.1. The second-order valence-electron chi connectivity index (χ2n) is 4.37. The van der Waals surface area contributed by atoms with Gasteiger partial charge in [0.25, 0.3) is 0 Å². The van der Waals surface area contributed by atoms with Crippen molar-refractivity contribution in [3.8, 4) is 0 Å². The van der Waals surface area contributed by atoms with Gasteiger partial charge in [0.2, 0.25) is 0 Å². The smallest absolute Gasteiger partial charge is 0.178 e. The molecule has 1 aromatic heterocycles. The van der Waals surface area contributed by atoms with Gasteiger partial charge in [0.05, 0.1) is 20.2 Å². The number of Topliss-reactive ketones (excluding diaryl/α,β-unsaturated/α-hetero) is 1. The van der Waals surface area contributed by atoms with E-state index in [4.69, 9.17) is 4.74 Å². The zero-order valence-corrected chi connectivity index (χ0v) is 14.1. The molecule has 18 heavy (non-hydrogen) atoms. The van der Waals surface area contributed by atoms with Crippen LogP contribution in [0.5, 0.6) is 0 Å². The summed E-state index contributed by atoms with van der Waals surface area (Å²) < 4.78 is 7.22. The van der Waals surface area contributed by atoms with Gasteiger partial charge in [0.1, 0.15) is 0 Å². The Morgan fingerprint density at radius 3 is 2.67 bits per heavy atom. The quantitative estimate of drug-likeness (QED) is 0.728. The molecule has 6 heteroatoms. The maximum absolute atomic E-state index is 12.2. The first kappa shape index (κ1) is 14.7. The minimum Gasteiger partial charge on any atom is -0.381 e. The molecule has 0 aromatic carbocycles. The minimum absolute atomic E-state index is 0.180. The first-order chi connectivity index (χ1) is 8.60. The van der Waals surface area contributed by atoms with Gasteiger partial charge in [-0.1, -0.05) is 0 Å². The van der Waals surface area contributed by atoms with E-state index in [2.05, 4.69) is 36.8 Å². The number of rotatable bonds is 4. The van der Waals surface area contributed by atoms with E-state index in [-0.39, 0.29) is 5.78 Å². The number of carbonyl (C=O) groups excluding carboxylic acids is 1. The molecule has 0 atom stereocenters. The average Bonchev–Trinajstić information content (AvgIpc) is 2.69.